The molecule has 5 aromatic rings. The molecular weight excluding hydrogens is 358 g/mol. The van der Waals surface area contributed by atoms with Gasteiger partial charge in [0.15, 0.2) is 0 Å². The normalized spacial score (nSPS) is 19.0. The second kappa shape index (κ2) is 5.24. The standard InChI is InChI=1S/C26H17NS/c1-2-8-16-15(7-1)13-14-20-22-17-9-3-4-10-18(17)23-19-11-5-6-12-21(19)28-26(23)25(22)27-24(16)20/h1-14,22,25,27H. The Hall–Kier alpha value is -3.10. The summed E-state index contributed by atoms with van der Waals surface area (Å²) in [5.74, 6) is 0.372. The lowest BCUT2D eigenvalue weighted by Gasteiger charge is -2.29. The van der Waals surface area contributed by atoms with Crippen LogP contribution < -0.4 is 5.32 Å². The van der Waals surface area contributed by atoms with Crippen molar-refractivity contribution in [3.63, 3.8) is 0 Å². The molecule has 1 aromatic heterocycles. The van der Waals surface area contributed by atoms with Crippen molar-refractivity contribution in [2.24, 2.45) is 0 Å². The zero-order valence-corrected chi connectivity index (χ0v) is 16.0. The smallest absolute Gasteiger partial charge is 0.0723 e. The van der Waals surface area contributed by atoms with Gasteiger partial charge in [-0.1, -0.05) is 78.9 Å². The van der Waals surface area contributed by atoms with E-state index in [1.807, 2.05) is 11.3 Å². The van der Waals surface area contributed by atoms with Gasteiger partial charge in [-0.2, -0.15) is 0 Å². The molecule has 1 N–H and O–H groups in total. The van der Waals surface area contributed by atoms with Gasteiger partial charge in [-0.3, -0.25) is 0 Å². The van der Waals surface area contributed by atoms with Crippen LogP contribution in [0.5, 0.6) is 0 Å². The first kappa shape index (κ1) is 14.9. The lowest BCUT2D eigenvalue weighted by molar-refractivity contribution is 0.717. The summed E-state index contributed by atoms with van der Waals surface area (Å²) in [5.41, 5.74) is 7.03. The third-order valence-electron chi connectivity index (χ3n) is 6.40. The SMILES string of the molecule is c1ccc2c(c1)-c1c(sc3ccccc13)C1Nc3c(ccc4ccccc34)C21. The third-order valence-corrected chi connectivity index (χ3v) is 7.65. The van der Waals surface area contributed by atoms with Crippen molar-refractivity contribution >= 4 is 37.9 Å². The number of hydrogen-bond acceptors (Lipinski definition) is 2. The summed E-state index contributed by atoms with van der Waals surface area (Å²) in [5, 5.41) is 7.96. The topological polar surface area (TPSA) is 12.0 Å². The molecule has 2 heterocycles. The van der Waals surface area contributed by atoms with Crippen molar-refractivity contribution in [1.29, 1.82) is 0 Å². The Morgan fingerprint density at radius 1 is 0.679 bits per heavy atom. The number of anilines is 1. The highest BCUT2D eigenvalue weighted by Crippen LogP contribution is 2.59. The minimum absolute atomic E-state index is 0.308. The largest absolute Gasteiger partial charge is 0.376 e. The fourth-order valence-electron chi connectivity index (χ4n) is 5.25. The maximum atomic E-state index is 3.95. The van der Waals surface area contributed by atoms with Gasteiger partial charge in [0.05, 0.1) is 6.04 Å². The van der Waals surface area contributed by atoms with Crippen LogP contribution in [-0.2, 0) is 0 Å². The molecule has 1 nitrogen and oxygen atoms in total. The third kappa shape index (κ3) is 1.76. The van der Waals surface area contributed by atoms with Crippen molar-refractivity contribution in [2.75, 3.05) is 5.32 Å². The fourth-order valence-corrected chi connectivity index (χ4v) is 6.56. The first-order valence-electron chi connectivity index (χ1n) is 9.79. The summed E-state index contributed by atoms with van der Waals surface area (Å²) < 4.78 is 1.38. The molecule has 0 radical (unpaired) electrons. The van der Waals surface area contributed by atoms with Crippen LogP contribution in [0.4, 0.5) is 5.69 Å². The van der Waals surface area contributed by atoms with E-state index in [4.69, 9.17) is 0 Å². The van der Waals surface area contributed by atoms with Crippen molar-refractivity contribution in [3.05, 3.63) is 101 Å². The van der Waals surface area contributed by atoms with Crippen LogP contribution in [0, 0.1) is 0 Å². The molecule has 132 valence electrons. The molecule has 0 saturated carbocycles. The number of nitrogens with one attached hydrogen (secondary N) is 1. The molecule has 28 heavy (non-hydrogen) atoms. The second-order valence-corrected chi connectivity index (χ2v) is 8.86. The highest BCUT2D eigenvalue weighted by Gasteiger charge is 2.42. The van der Waals surface area contributed by atoms with Gasteiger partial charge in [-0.25, -0.2) is 0 Å². The average molecular weight is 375 g/mol. The summed E-state index contributed by atoms with van der Waals surface area (Å²) in [6.45, 7) is 0. The molecule has 0 amide bonds. The first-order valence-corrected chi connectivity index (χ1v) is 10.6. The highest BCUT2D eigenvalue weighted by molar-refractivity contribution is 7.19. The quantitative estimate of drug-likeness (QED) is 0.299. The van der Waals surface area contributed by atoms with Gasteiger partial charge in [0, 0.05) is 37.5 Å². The Kier molecular flexibility index (Phi) is 2.79. The number of fused-ring (bicyclic) bond motifs is 12. The minimum Gasteiger partial charge on any atom is -0.376 e. The molecule has 0 fully saturated rings. The van der Waals surface area contributed by atoms with Crippen molar-refractivity contribution in [2.45, 2.75) is 12.0 Å². The Labute approximate surface area is 167 Å². The Morgan fingerprint density at radius 2 is 1.46 bits per heavy atom. The summed E-state index contributed by atoms with van der Waals surface area (Å²) in [6.07, 6.45) is 0. The van der Waals surface area contributed by atoms with Crippen LogP contribution >= 0.6 is 11.3 Å². The molecule has 2 heteroatoms. The molecule has 4 aromatic carbocycles. The van der Waals surface area contributed by atoms with Crippen LogP contribution in [-0.4, -0.2) is 0 Å². The molecule has 7 rings (SSSR count). The number of hydrogen-bond donors (Lipinski definition) is 1. The predicted molar refractivity (Wildman–Crippen MR) is 119 cm³/mol. The van der Waals surface area contributed by atoms with Gasteiger partial charge < -0.3 is 5.32 Å². The highest BCUT2D eigenvalue weighted by atomic mass is 32.1. The number of thiophene rings is 1. The summed E-state index contributed by atoms with van der Waals surface area (Å²) in [6, 6.07) is 31.5. The molecule has 0 saturated heterocycles. The van der Waals surface area contributed by atoms with Crippen LogP contribution in [0.25, 0.3) is 32.0 Å². The van der Waals surface area contributed by atoms with Gasteiger partial charge in [0.2, 0.25) is 0 Å². The molecule has 2 unspecified atom stereocenters. The number of benzene rings is 4. The maximum Gasteiger partial charge on any atom is 0.0723 e. The molecule has 0 bridgehead atoms. The molecular formula is C26H17NS. The van der Waals surface area contributed by atoms with E-state index >= 15 is 0 Å². The zero-order valence-electron chi connectivity index (χ0n) is 15.1. The van der Waals surface area contributed by atoms with E-state index < -0.39 is 0 Å². The van der Waals surface area contributed by atoms with Crippen molar-refractivity contribution < 1.29 is 0 Å². The first-order chi connectivity index (χ1) is 13.9. The van der Waals surface area contributed by atoms with Crippen molar-refractivity contribution in [3.8, 4) is 11.1 Å². The van der Waals surface area contributed by atoms with Gasteiger partial charge in [-0.15, -0.1) is 11.3 Å². The zero-order chi connectivity index (χ0) is 18.2. The minimum atomic E-state index is 0.308. The summed E-state index contributed by atoms with van der Waals surface area (Å²) in [7, 11) is 0. The van der Waals surface area contributed by atoms with E-state index in [9.17, 15) is 0 Å². The molecule has 2 atom stereocenters. The molecule has 1 aliphatic heterocycles. The summed E-state index contributed by atoms with van der Waals surface area (Å²) >= 11 is 1.95. The molecule has 1 aliphatic carbocycles. The Bertz CT molecular complexity index is 1410. The van der Waals surface area contributed by atoms with Crippen LogP contribution in [0.2, 0.25) is 0 Å². The average Bonchev–Trinajstić information content (AvgIpc) is 3.33. The Morgan fingerprint density at radius 3 is 2.43 bits per heavy atom. The molecule has 2 aliphatic rings. The summed E-state index contributed by atoms with van der Waals surface area (Å²) in [4.78, 5) is 1.48. The number of rotatable bonds is 0. The van der Waals surface area contributed by atoms with Gasteiger partial charge in [0.25, 0.3) is 0 Å². The fraction of sp³-hybridized carbons (Fsp3) is 0.0769. The van der Waals surface area contributed by atoms with Crippen LogP contribution in [0.3, 0.4) is 0 Å². The predicted octanol–water partition coefficient (Wildman–Crippen LogP) is 7.33. The van der Waals surface area contributed by atoms with Gasteiger partial charge in [-0.05, 0) is 28.1 Å². The van der Waals surface area contributed by atoms with Gasteiger partial charge >= 0.3 is 0 Å². The Balaban J connectivity index is 1.59. The van der Waals surface area contributed by atoms with E-state index in [1.54, 1.807) is 0 Å². The van der Waals surface area contributed by atoms with Crippen LogP contribution in [0.15, 0.2) is 84.9 Å². The lowest BCUT2D eigenvalue weighted by Crippen LogP contribution is -2.17. The van der Waals surface area contributed by atoms with E-state index in [0.29, 0.717) is 12.0 Å². The monoisotopic (exact) mass is 375 g/mol. The van der Waals surface area contributed by atoms with E-state index in [-0.39, 0.29) is 0 Å². The molecule has 0 spiro atoms. The van der Waals surface area contributed by atoms with Crippen LogP contribution in [0.1, 0.15) is 28.0 Å². The van der Waals surface area contributed by atoms with E-state index in [2.05, 4.69) is 90.2 Å². The van der Waals surface area contributed by atoms with E-state index in [0.717, 1.165) is 0 Å². The second-order valence-electron chi connectivity index (χ2n) is 7.78. The lowest BCUT2D eigenvalue weighted by atomic mass is 9.77. The van der Waals surface area contributed by atoms with E-state index in [1.165, 1.54) is 53.7 Å². The van der Waals surface area contributed by atoms with Crippen molar-refractivity contribution in [1.82, 2.24) is 0 Å². The van der Waals surface area contributed by atoms with Gasteiger partial charge in [0.1, 0.15) is 0 Å². The maximum absolute atomic E-state index is 3.95.